The van der Waals surface area contributed by atoms with Gasteiger partial charge in [0.1, 0.15) is 0 Å². The molecule has 0 aromatic heterocycles. The molecule has 2 unspecified atom stereocenters. The van der Waals surface area contributed by atoms with Gasteiger partial charge in [-0.15, -0.1) is 0 Å². The molecule has 0 aromatic rings. The third-order valence-corrected chi connectivity index (χ3v) is 9.20. The topological polar surface area (TPSA) is 74.6 Å². The van der Waals surface area contributed by atoms with Crippen LogP contribution in [0.3, 0.4) is 0 Å². The Morgan fingerprint density at radius 3 is 0.829 bits per heavy atom. The van der Waals surface area contributed by atoms with E-state index in [1.807, 2.05) is 0 Å². The summed E-state index contributed by atoms with van der Waals surface area (Å²) in [4.78, 5) is 21.5. The van der Waals surface area contributed by atoms with E-state index >= 15 is 0 Å². The van der Waals surface area contributed by atoms with E-state index in [2.05, 4.69) is 13.8 Å². The Labute approximate surface area is 256 Å². The lowest BCUT2D eigenvalue weighted by Gasteiger charge is -2.28. The minimum absolute atomic E-state index is 0.322. The molecule has 0 bridgehead atoms. The number of aliphatic carboxylic acids is 2. The van der Waals surface area contributed by atoms with Gasteiger partial charge in [-0.2, -0.15) is 0 Å². The molecule has 41 heavy (non-hydrogen) atoms. The summed E-state index contributed by atoms with van der Waals surface area (Å²) in [6.45, 7) is 4.59. The standard InChI is InChI=1S/C37H72O4/c1-3-5-7-9-11-17-23-29-35(31-25-19-13-15-21-27-33-37(40)41)34(28-22-16-10-8-6-4-2)30-24-18-12-14-20-26-32-36(38)39/h34-35H,3-33H2,1-2H3,(H,38,39)(H,40,41). The van der Waals surface area contributed by atoms with Crippen LogP contribution in [0, 0.1) is 11.8 Å². The monoisotopic (exact) mass is 581 g/mol. The lowest BCUT2D eigenvalue weighted by molar-refractivity contribution is -0.138. The van der Waals surface area contributed by atoms with Crippen LogP contribution in [0.2, 0.25) is 0 Å². The third kappa shape index (κ3) is 30.2. The van der Waals surface area contributed by atoms with E-state index in [4.69, 9.17) is 10.2 Å². The molecule has 244 valence electrons. The van der Waals surface area contributed by atoms with E-state index in [1.54, 1.807) is 0 Å². The summed E-state index contributed by atoms with van der Waals surface area (Å²) < 4.78 is 0. The smallest absolute Gasteiger partial charge is 0.303 e. The summed E-state index contributed by atoms with van der Waals surface area (Å²) in [5.74, 6) is 0.438. The molecular formula is C37H72O4. The van der Waals surface area contributed by atoms with Crippen molar-refractivity contribution in [3.63, 3.8) is 0 Å². The average Bonchev–Trinajstić information content (AvgIpc) is 2.94. The van der Waals surface area contributed by atoms with Gasteiger partial charge in [0.2, 0.25) is 0 Å². The fraction of sp³-hybridized carbons (Fsp3) is 0.946. The minimum atomic E-state index is -0.660. The molecule has 0 aliphatic rings. The van der Waals surface area contributed by atoms with Gasteiger partial charge in [0.25, 0.3) is 0 Å². The van der Waals surface area contributed by atoms with Gasteiger partial charge in [-0.05, 0) is 24.7 Å². The summed E-state index contributed by atoms with van der Waals surface area (Å²) in [6.07, 6.45) is 38.3. The maximum atomic E-state index is 10.7. The maximum Gasteiger partial charge on any atom is 0.303 e. The zero-order chi connectivity index (χ0) is 30.2. The SMILES string of the molecule is CCCCCCCCCC(CCCCCCCCC(=O)O)C(CCCCCCCC)CCCCCCCCC(=O)O. The molecular weight excluding hydrogens is 508 g/mol. The van der Waals surface area contributed by atoms with Crippen molar-refractivity contribution in [2.24, 2.45) is 11.8 Å². The summed E-state index contributed by atoms with van der Waals surface area (Å²) in [6, 6.07) is 0. The lowest BCUT2D eigenvalue weighted by Crippen LogP contribution is -2.16. The molecule has 0 aromatic carbocycles. The van der Waals surface area contributed by atoms with Crippen LogP contribution >= 0.6 is 0 Å². The van der Waals surface area contributed by atoms with Gasteiger partial charge >= 0.3 is 11.9 Å². The number of hydrogen-bond donors (Lipinski definition) is 2. The highest BCUT2D eigenvalue weighted by Crippen LogP contribution is 2.33. The molecule has 0 rings (SSSR count). The first-order valence-electron chi connectivity index (χ1n) is 18.4. The Balaban J connectivity index is 4.75. The zero-order valence-corrected chi connectivity index (χ0v) is 27.8. The van der Waals surface area contributed by atoms with Crippen molar-refractivity contribution in [2.75, 3.05) is 0 Å². The van der Waals surface area contributed by atoms with Crippen LogP contribution in [-0.4, -0.2) is 22.2 Å². The quantitative estimate of drug-likeness (QED) is 0.0742. The van der Waals surface area contributed by atoms with Crippen molar-refractivity contribution in [1.82, 2.24) is 0 Å². The molecule has 0 aliphatic heterocycles. The summed E-state index contributed by atoms with van der Waals surface area (Å²) in [5.41, 5.74) is 0. The molecule has 0 radical (unpaired) electrons. The fourth-order valence-electron chi connectivity index (χ4n) is 6.56. The normalized spacial score (nSPS) is 12.9. The predicted molar refractivity (Wildman–Crippen MR) is 177 cm³/mol. The summed E-state index contributed by atoms with van der Waals surface area (Å²) in [7, 11) is 0. The van der Waals surface area contributed by atoms with Crippen LogP contribution in [0.1, 0.15) is 213 Å². The summed E-state index contributed by atoms with van der Waals surface area (Å²) >= 11 is 0. The van der Waals surface area contributed by atoms with Crippen LogP contribution in [0.15, 0.2) is 0 Å². The van der Waals surface area contributed by atoms with E-state index in [0.29, 0.717) is 12.8 Å². The Kier molecular flexibility index (Phi) is 31.0. The molecule has 4 nitrogen and oxygen atoms in total. The molecule has 0 saturated carbocycles. The molecule has 0 saturated heterocycles. The number of unbranched alkanes of at least 4 members (excludes halogenated alkanes) is 21. The number of hydrogen-bond acceptors (Lipinski definition) is 2. The number of rotatable bonds is 34. The minimum Gasteiger partial charge on any atom is -0.481 e. The second kappa shape index (κ2) is 31.9. The van der Waals surface area contributed by atoms with Crippen molar-refractivity contribution < 1.29 is 19.8 Å². The van der Waals surface area contributed by atoms with E-state index < -0.39 is 11.9 Å². The van der Waals surface area contributed by atoms with Gasteiger partial charge in [-0.25, -0.2) is 0 Å². The highest BCUT2D eigenvalue weighted by Gasteiger charge is 2.20. The lowest BCUT2D eigenvalue weighted by atomic mass is 9.78. The molecule has 0 amide bonds. The first kappa shape index (κ1) is 39.9. The van der Waals surface area contributed by atoms with Gasteiger partial charge in [0, 0.05) is 12.8 Å². The highest BCUT2D eigenvalue weighted by atomic mass is 16.4. The number of carboxylic acids is 2. The largest absolute Gasteiger partial charge is 0.481 e. The van der Waals surface area contributed by atoms with Crippen molar-refractivity contribution >= 4 is 11.9 Å². The van der Waals surface area contributed by atoms with Crippen LogP contribution < -0.4 is 0 Å². The van der Waals surface area contributed by atoms with Crippen molar-refractivity contribution in [3.05, 3.63) is 0 Å². The maximum absolute atomic E-state index is 10.7. The van der Waals surface area contributed by atoms with Gasteiger partial charge < -0.3 is 10.2 Å². The molecule has 2 atom stereocenters. The second-order valence-corrected chi connectivity index (χ2v) is 13.1. The van der Waals surface area contributed by atoms with Crippen LogP contribution in [-0.2, 0) is 9.59 Å². The predicted octanol–water partition coefficient (Wildman–Crippen LogP) is 12.5. The molecule has 0 fully saturated rings. The molecule has 4 heteroatoms. The molecule has 0 heterocycles. The van der Waals surface area contributed by atoms with Crippen LogP contribution in [0.5, 0.6) is 0 Å². The van der Waals surface area contributed by atoms with Crippen molar-refractivity contribution in [1.29, 1.82) is 0 Å². The molecule has 0 aliphatic carbocycles. The van der Waals surface area contributed by atoms with E-state index in [0.717, 1.165) is 37.5 Å². The van der Waals surface area contributed by atoms with Gasteiger partial charge in [0.15, 0.2) is 0 Å². The van der Waals surface area contributed by atoms with Crippen LogP contribution in [0.25, 0.3) is 0 Å². The zero-order valence-electron chi connectivity index (χ0n) is 27.8. The Hall–Kier alpha value is -1.06. The third-order valence-electron chi connectivity index (χ3n) is 9.20. The van der Waals surface area contributed by atoms with Gasteiger partial charge in [-0.1, -0.05) is 187 Å². The molecule has 0 spiro atoms. The van der Waals surface area contributed by atoms with E-state index in [9.17, 15) is 9.59 Å². The Morgan fingerprint density at radius 1 is 0.366 bits per heavy atom. The number of carbonyl (C=O) groups is 2. The van der Waals surface area contributed by atoms with E-state index in [-0.39, 0.29) is 0 Å². The van der Waals surface area contributed by atoms with Crippen molar-refractivity contribution in [2.45, 2.75) is 213 Å². The first-order valence-corrected chi connectivity index (χ1v) is 18.4. The first-order chi connectivity index (χ1) is 20.0. The second-order valence-electron chi connectivity index (χ2n) is 13.1. The van der Waals surface area contributed by atoms with Crippen molar-refractivity contribution in [3.8, 4) is 0 Å². The fourth-order valence-corrected chi connectivity index (χ4v) is 6.56. The average molecular weight is 581 g/mol. The van der Waals surface area contributed by atoms with Gasteiger partial charge in [-0.3, -0.25) is 9.59 Å². The van der Waals surface area contributed by atoms with E-state index in [1.165, 1.54) is 161 Å². The number of carboxylic acid groups (broad SMARTS) is 2. The Morgan fingerprint density at radius 2 is 0.585 bits per heavy atom. The Bertz CT molecular complexity index is 561. The van der Waals surface area contributed by atoms with Crippen LogP contribution in [0.4, 0.5) is 0 Å². The molecule has 2 N–H and O–H groups in total. The summed E-state index contributed by atoms with van der Waals surface area (Å²) in [5, 5.41) is 17.7. The highest BCUT2D eigenvalue weighted by molar-refractivity contribution is 5.66. The van der Waals surface area contributed by atoms with Gasteiger partial charge in [0.05, 0.1) is 0 Å².